The van der Waals surface area contributed by atoms with Crippen LogP contribution in [0.25, 0.3) is 0 Å². The zero-order valence-corrected chi connectivity index (χ0v) is 13.5. The smallest absolute Gasteiger partial charge is 0.225 e. The monoisotopic (exact) mass is 312 g/mol. The summed E-state index contributed by atoms with van der Waals surface area (Å²) in [6.07, 6.45) is 0. The van der Waals surface area contributed by atoms with Crippen LogP contribution in [0.4, 0.5) is 5.69 Å². The van der Waals surface area contributed by atoms with E-state index in [0.29, 0.717) is 5.02 Å². The average Bonchev–Trinajstić information content (AvgIpc) is 2.65. The van der Waals surface area contributed by atoms with Crippen LogP contribution in [0.3, 0.4) is 0 Å². The normalized spacial score (nSPS) is 13.9. The molecule has 1 heterocycles. The largest absolute Gasteiger partial charge is 0.347 e. The molecule has 2 aromatic carbocycles. The van der Waals surface area contributed by atoms with Crippen molar-refractivity contribution in [2.75, 3.05) is 26.0 Å². The molecule has 0 amide bonds. The van der Waals surface area contributed by atoms with E-state index >= 15 is 0 Å². The number of rotatable bonds is 1. The van der Waals surface area contributed by atoms with Gasteiger partial charge in [0, 0.05) is 37.3 Å². The van der Waals surface area contributed by atoms with Gasteiger partial charge in [-0.25, -0.2) is 0 Å². The number of fused-ring (bicyclic) bond motifs is 1. The van der Waals surface area contributed by atoms with Gasteiger partial charge >= 0.3 is 0 Å². The van der Waals surface area contributed by atoms with Crippen LogP contribution in [-0.4, -0.2) is 37.7 Å². The first-order chi connectivity index (χ1) is 10.6. The number of nitrogens with zero attached hydrogens (tertiary/aromatic N) is 4. The highest BCUT2D eigenvalue weighted by Crippen LogP contribution is 2.29. The third kappa shape index (κ3) is 2.57. The summed E-state index contributed by atoms with van der Waals surface area (Å²) in [5.41, 5.74) is 3.84. The second kappa shape index (κ2) is 5.81. The molecule has 22 heavy (non-hydrogen) atoms. The molecule has 3 rings (SSSR count). The first-order valence-electron chi connectivity index (χ1n) is 7.00. The fourth-order valence-electron chi connectivity index (χ4n) is 2.51. The van der Waals surface area contributed by atoms with Crippen LogP contribution in [0.15, 0.2) is 58.7 Å². The number of anilines is 1. The van der Waals surface area contributed by atoms with Gasteiger partial charge in [-0.15, -0.1) is 10.2 Å². The molecule has 0 aliphatic carbocycles. The summed E-state index contributed by atoms with van der Waals surface area (Å²) in [4.78, 5) is 3.96. The SMILES string of the molecule is CN(C)C1=NN=C(c2ccccc2)c2cc(Cl)ccc2N1C. The van der Waals surface area contributed by atoms with Crippen molar-refractivity contribution in [3.8, 4) is 0 Å². The van der Waals surface area contributed by atoms with Crippen LogP contribution < -0.4 is 4.90 Å². The lowest BCUT2D eigenvalue weighted by molar-refractivity contribution is 0.605. The summed E-state index contributed by atoms with van der Waals surface area (Å²) in [7, 11) is 5.89. The van der Waals surface area contributed by atoms with E-state index in [4.69, 9.17) is 11.6 Å². The molecular weight excluding hydrogens is 296 g/mol. The minimum atomic E-state index is 0.684. The molecule has 0 unspecified atom stereocenters. The van der Waals surface area contributed by atoms with Gasteiger partial charge in [-0.1, -0.05) is 41.9 Å². The molecular formula is C17H17ClN4. The van der Waals surface area contributed by atoms with Crippen LogP contribution in [0.5, 0.6) is 0 Å². The van der Waals surface area contributed by atoms with Gasteiger partial charge in [-0.05, 0) is 18.2 Å². The lowest BCUT2D eigenvalue weighted by Gasteiger charge is -2.25. The lowest BCUT2D eigenvalue weighted by atomic mass is 10.0. The third-order valence-corrected chi connectivity index (χ3v) is 3.80. The Labute approximate surface area is 135 Å². The number of halogens is 1. The first-order valence-corrected chi connectivity index (χ1v) is 7.38. The number of hydrogen-bond donors (Lipinski definition) is 0. The highest BCUT2D eigenvalue weighted by Gasteiger charge is 2.22. The van der Waals surface area contributed by atoms with Crippen LogP contribution in [0, 0.1) is 0 Å². The van der Waals surface area contributed by atoms with Gasteiger partial charge < -0.3 is 9.80 Å². The Morgan fingerprint density at radius 2 is 1.73 bits per heavy atom. The van der Waals surface area contributed by atoms with E-state index in [-0.39, 0.29) is 0 Å². The Hall–Kier alpha value is -2.33. The van der Waals surface area contributed by atoms with Gasteiger partial charge in [0.05, 0.1) is 5.69 Å². The fourth-order valence-corrected chi connectivity index (χ4v) is 2.68. The molecule has 5 heteroatoms. The van der Waals surface area contributed by atoms with E-state index in [1.807, 2.05) is 79.5 Å². The van der Waals surface area contributed by atoms with Gasteiger partial charge in [0.2, 0.25) is 5.96 Å². The molecule has 0 radical (unpaired) electrons. The quantitative estimate of drug-likeness (QED) is 0.807. The van der Waals surface area contributed by atoms with E-state index in [9.17, 15) is 0 Å². The van der Waals surface area contributed by atoms with Crippen molar-refractivity contribution in [1.82, 2.24) is 4.90 Å². The van der Waals surface area contributed by atoms with E-state index in [2.05, 4.69) is 10.2 Å². The summed E-state index contributed by atoms with van der Waals surface area (Å²) in [6, 6.07) is 15.9. The van der Waals surface area contributed by atoms with Crippen molar-refractivity contribution in [2.24, 2.45) is 10.2 Å². The molecule has 0 N–H and O–H groups in total. The Morgan fingerprint density at radius 1 is 1.00 bits per heavy atom. The zero-order valence-electron chi connectivity index (χ0n) is 12.8. The average molecular weight is 313 g/mol. The fraction of sp³-hybridized carbons (Fsp3) is 0.176. The maximum absolute atomic E-state index is 6.21. The number of hydrogen-bond acceptors (Lipinski definition) is 4. The Kier molecular flexibility index (Phi) is 3.86. The van der Waals surface area contributed by atoms with Crippen LogP contribution in [0.2, 0.25) is 5.02 Å². The second-order valence-corrected chi connectivity index (χ2v) is 5.77. The maximum Gasteiger partial charge on any atom is 0.225 e. The molecule has 0 aromatic heterocycles. The van der Waals surface area contributed by atoms with Crippen molar-refractivity contribution in [1.29, 1.82) is 0 Å². The molecule has 0 spiro atoms. The van der Waals surface area contributed by atoms with Crippen LogP contribution >= 0.6 is 11.6 Å². The molecule has 1 aliphatic heterocycles. The summed E-state index contributed by atoms with van der Waals surface area (Å²) < 4.78 is 0. The van der Waals surface area contributed by atoms with Crippen LogP contribution in [-0.2, 0) is 0 Å². The minimum absolute atomic E-state index is 0.684. The number of guanidine groups is 1. The van der Waals surface area contributed by atoms with Crippen molar-refractivity contribution in [2.45, 2.75) is 0 Å². The Bertz CT molecular complexity index is 751. The van der Waals surface area contributed by atoms with Crippen molar-refractivity contribution >= 4 is 29.0 Å². The minimum Gasteiger partial charge on any atom is -0.347 e. The van der Waals surface area contributed by atoms with E-state index in [1.54, 1.807) is 0 Å². The van der Waals surface area contributed by atoms with Gasteiger partial charge in [0.15, 0.2) is 0 Å². The molecule has 0 bridgehead atoms. The van der Waals surface area contributed by atoms with E-state index < -0.39 is 0 Å². The third-order valence-electron chi connectivity index (χ3n) is 3.56. The van der Waals surface area contributed by atoms with Gasteiger partial charge in [-0.3, -0.25) is 0 Å². The molecule has 1 aliphatic rings. The van der Waals surface area contributed by atoms with Crippen molar-refractivity contribution in [3.05, 3.63) is 64.7 Å². The second-order valence-electron chi connectivity index (χ2n) is 5.33. The van der Waals surface area contributed by atoms with E-state index in [1.165, 1.54) is 0 Å². The van der Waals surface area contributed by atoms with Gasteiger partial charge in [0.25, 0.3) is 0 Å². The van der Waals surface area contributed by atoms with Crippen LogP contribution in [0.1, 0.15) is 11.1 Å². The molecule has 2 aromatic rings. The van der Waals surface area contributed by atoms with E-state index in [0.717, 1.165) is 28.5 Å². The zero-order chi connectivity index (χ0) is 15.7. The first kappa shape index (κ1) is 14.6. The maximum atomic E-state index is 6.21. The predicted octanol–water partition coefficient (Wildman–Crippen LogP) is 3.46. The van der Waals surface area contributed by atoms with Gasteiger partial charge in [-0.2, -0.15) is 0 Å². The Morgan fingerprint density at radius 3 is 2.41 bits per heavy atom. The van der Waals surface area contributed by atoms with Gasteiger partial charge in [0.1, 0.15) is 5.71 Å². The molecule has 4 nitrogen and oxygen atoms in total. The number of benzene rings is 2. The Balaban J connectivity index is 2.24. The molecule has 112 valence electrons. The summed E-state index contributed by atoms with van der Waals surface area (Å²) in [5, 5.41) is 9.60. The van der Waals surface area contributed by atoms with Crippen molar-refractivity contribution in [3.63, 3.8) is 0 Å². The molecule has 0 saturated carbocycles. The summed E-state index contributed by atoms with van der Waals surface area (Å²) in [5.74, 6) is 0.773. The molecule has 0 atom stereocenters. The summed E-state index contributed by atoms with van der Waals surface area (Å²) >= 11 is 6.21. The molecule has 0 fully saturated rings. The standard InChI is InChI=1S/C17H17ClN4/c1-21(2)17-20-19-16(12-7-5-4-6-8-12)14-11-13(18)9-10-15(14)22(17)3/h4-11H,1-3H3. The summed E-state index contributed by atoms with van der Waals surface area (Å²) in [6.45, 7) is 0. The lowest BCUT2D eigenvalue weighted by Crippen LogP contribution is -2.37. The highest BCUT2D eigenvalue weighted by molar-refractivity contribution is 6.31. The topological polar surface area (TPSA) is 31.2 Å². The highest BCUT2D eigenvalue weighted by atomic mass is 35.5. The van der Waals surface area contributed by atoms with Crippen molar-refractivity contribution < 1.29 is 0 Å². The predicted molar refractivity (Wildman–Crippen MR) is 93.1 cm³/mol. The molecule has 0 saturated heterocycles.